The molecule has 1 saturated heterocycles. The Hall–Kier alpha value is -1.29. The van der Waals surface area contributed by atoms with Crippen molar-refractivity contribution in [3.8, 4) is 0 Å². The highest BCUT2D eigenvalue weighted by Crippen LogP contribution is 2.22. The summed E-state index contributed by atoms with van der Waals surface area (Å²) in [6.45, 7) is 9.28. The van der Waals surface area contributed by atoms with Crippen LogP contribution in [0.3, 0.4) is 0 Å². The Morgan fingerprint density at radius 3 is 2.35 bits per heavy atom. The Kier molecular flexibility index (Phi) is 5.65. The van der Waals surface area contributed by atoms with E-state index >= 15 is 0 Å². The van der Waals surface area contributed by atoms with Crippen LogP contribution < -0.4 is 10.6 Å². The first-order chi connectivity index (χ1) is 9.74. The second-order valence-electron chi connectivity index (χ2n) is 5.70. The molecule has 0 atom stereocenters. The number of hydrogen-bond acceptors (Lipinski definition) is 4. The predicted octanol–water partition coefficient (Wildman–Crippen LogP) is 2.75. The van der Waals surface area contributed by atoms with Crippen molar-refractivity contribution in [2.45, 2.75) is 45.6 Å². The fourth-order valence-electron chi connectivity index (χ4n) is 3.13. The molecule has 2 N–H and O–H groups in total. The van der Waals surface area contributed by atoms with Gasteiger partial charge in [0, 0.05) is 19.1 Å². The van der Waals surface area contributed by atoms with Crippen LogP contribution in [0, 0.1) is 0 Å². The predicted molar refractivity (Wildman–Crippen MR) is 86.0 cm³/mol. The van der Waals surface area contributed by atoms with Gasteiger partial charge in [-0.05, 0) is 50.9 Å². The molecule has 2 rings (SSSR count). The van der Waals surface area contributed by atoms with Crippen molar-refractivity contribution >= 4 is 11.5 Å². The summed E-state index contributed by atoms with van der Waals surface area (Å²) in [6.07, 6.45) is 6.91. The van der Waals surface area contributed by atoms with Gasteiger partial charge in [0.15, 0.2) is 0 Å². The van der Waals surface area contributed by atoms with Crippen LogP contribution in [0.5, 0.6) is 0 Å². The Morgan fingerprint density at radius 1 is 1.20 bits per heavy atom. The number of aromatic nitrogens is 1. The summed E-state index contributed by atoms with van der Waals surface area (Å²) < 4.78 is 0. The Balaban J connectivity index is 1.89. The number of pyridine rings is 1. The van der Waals surface area contributed by atoms with Crippen molar-refractivity contribution in [2.24, 2.45) is 0 Å². The number of nitrogens with two attached hydrogens (primary N) is 1. The number of hydrogen-bond donors (Lipinski definition) is 1. The molecule has 1 aromatic rings. The molecule has 4 heteroatoms. The van der Waals surface area contributed by atoms with Crippen molar-refractivity contribution in [1.29, 1.82) is 0 Å². The molecule has 4 nitrogen and oxygen atoms in total. The normalized spacial score (nSPS) is 16.9. The molecule has 1 aromatic heterocycles. The highest BCUT2D eigenvalue weighted by atomic mass is 15.2. The van der Waals surface area contributed by atoms with Crippen molar-refractivity contribution < 1.29 is 0 Å². The van der Waals surface area contributed by atoms with Crippen molar-refractivity contribution in [3.05, 3.63) is 18.3 Å². The molecule has 0 aromatic carbocycles. The topological polar surface area (TPSA) is 45.4 Å². The molecule has 0 amide bonds. The molecule has 112 valence electrons. The van der Waals surface area contributed by atoms with Crippen LogP contribution in [0.25, 0.3) is 0 Å². The van der Waals surface area contributed by atoms with Gasteiger partial charge in [0.1, 0.15) is 5.82 Å². The second kappa shape index (κ2) is 7.48. The zero-order valence-electron chi connectivity index (χ0n) is 12.9. The molecule has 0 spiro atoms. The van der Waals surface area contributed by atoms with E-state index in [1.165, 1.54) is 44.5 Å². The average Bonchev–Trinajstić information content (AvgIpc) is 2.48. The van der Waals surface area contributed by atoms with E-state index in [1.54, 1.807) is 0 Å². The van der Waals surface area contributed by atoms with Crippen molar-refractivity contribution in [3.63, 3.8) is 0 Å². The lowest BCUT2D eigenvalue weighted by Crippen LogP contribution is -2.45. The van der Waals surface area contributed by atoms with Gasteiger partial charge in [-0.25, -0.2) is 4.98 Å². The first-order valence-corrected chi connectivity index (χ1v) is 7.95. The fourth-order valence-corrected chi connectivity index (χ4v) is 3.13. The van der Waals surface area contributed by atoms with E-state index in [9.17, 15) is 0 Å². The van der Waals surface area contributed by atoms with E-state index in [2.05, 4.69) is 34.7 Å². The quantitative estimate of drug-likeness (QED) is 0.868. The number of rotatable bonds is 6. The number of piperidine rings is 1. The van der Waals surface area contributed by atoms with Gasteiger partial charge in [-0.3, -0.25) is 0 Å². The van der Waals surface area contributed by atoms with Crippen LogP contribution in [0.1, 0.15) is 39.5 Å². The third-order valence-corrected chi connectivity index (χ3v) is 4.14. The van der Waals surface area contributed by atoms with Crippen LogP contribution in [-0.2, 0) is 0 Å². The van der Waals surface area contributed by atoms with Crippen LogP contribution in [0.2, 0.25) is 0 Å². The Bertz CT molecular complexity index is 376. The molecular formula is C16H28N4. The summed E-state index contributed by atoms with van der Waals surface area (Å²) in [5.41, 5.74) is 6.85. The number of anilines is 2. The maximum atomic E-state index is 5.65. The van der Waals surface area contributed by atoms with Gasteiger partial charge in [-0.1, -0.05) is 13.8 Å². The second-order valence-corrected chi connectivity index (χ2v) is 5.70. The Labute approximate surface area is 123 Å². The van der Waals surface area contributed by atoms with Gasteiger partial charge in [0.2, 0.25) is 0 Å². The molecule has 1 aliphatic rings. The van der Waals surface area contributed by atoms with E-state index in [-0.39, 0.29) is 0 Å². The lowest BCUT2D eigenvalue weighted by Gasteiger charge is -2.39. The standard InChI is InChI=1S/C16H28N4/c1-3-9-19(10-4-2)14-7-11-20(12-8-14)15-5-6-16(17)18-13-15/h5-6,13-14H,3-4,7-12H2,1-2H3,(H2,17,18). The zero-order chi connectivity index (χ0) is 14.4. The summed E-state index contributed by atoms with van der Waals surface area (Å²) in [5, 5.41) is 0. The summed E-state index contributed by atoms with van der Waals surface area (Å²) in [4.78, 5) is 9.30. The summed E-state index contributed by atoms with van der Waals surface area (Å²) in [6, 6.07) is 4.73. The molecule has 1 fully saturated rings. The fraction of sp³-hybridized carbons (Fsp3) is 0.688. The lowest BCUT2D eigenvalue weighted by molar-refractivity contribution is 0.169. The van der Waals surface area contributed by atoms with Gasteiger partial charge in [0.25, 0.3) is 0 Å². The molecule has 0 saturated carbocycles. The zero-order valence-corrected chi connectivity index (χ0v) is 12.9. The van der Waals surface area contributed by atoms with Crippen LogP contribution in [0.15, 0.2) is 18.3 Å². The molecule has 1 aliphatic heterocycles. The molecular weight excluding hydrogens is 248 g/mol. The average molecular weight is 276 g/mol. The van der Waals surface area contributed by atoms with Gasteiger partial charge >= 0.3 is 0 Å². The van der Waals surface area contributed by atoms with Gasteiger partial charge in [-0.15, -0.1) is 0 Å². The summed E-state index contributed by atoms with van der Waals surface area (Å²) >= 11 is 0. The number of nitrogens with zero attached hydrogens (tertiary/aromatic N) is 3. The maximum absolute atomic E-state index is 5.65. The summed E-state index contributed by atoms with van der Waals surface area (Å²) in [7, 11) is 0. The molecule has 20 heavy (non-hydrogen) atoms. The van der Waals surface area contributed by atoms with E-state index < -0.39 is 0 Å². The van der Waals surface area contributed by atoms with Crippen LogP contribution >= 0.6 is 0 Å². The van der Waals surface area contributed by atoms with Crippen molar-refractivity contribution in [1.82, 2.24) is 9.88 Å². The third kappa shape index (κ3) is 3.85. The minimum atomic E-state index is 0.598. The monoisotopic (exact) mass is 276 g/mol. The molecule has 0 unspecified atom stereocenters. The SMILES string of the molecule is CCCN(CCC)C1CCN(c2ccc(N)nc2)CC1. The molecule has 0 bridgehead atoms. The first kappa shape index (κ1) is 15.1. The van der Waals surface area contributed by atoms with Gasteiger partial charge < -0.3 is 15.5 Å². The van der Waals surface area contributed by atoms with Crippen LogP contribution in [-0.4, -0.2) is 42.1 Å². The minimum Gasteiger partial charge on any atom is -0.384 e. The maximum Gasteiger partial charge on any atom is 0.123 e. The highest BCUT2D eigenvalue weighted by molar-refractivity contribution is 5.48. The van der Waals surface area contributed by atoms with E-state index in [4.69, 9.17) is 5.73 Å². The third-order valence-electron chi connectivity index (χ3n) is 4.14. The van der Waals surface area contributed by atoms with E-state index in [0.717, 1.165) is 19.1 Å². The summed E-state index contributed by atoms with van der Waals surface area (Å²) in [5.74, 6) is 0.598. The van der Waals surface area contributed by atoms with Crippen molar-refractivity contribution in [2.75, 3.05) is 36.8 Å². The minimum absolute atomic E-state index is 0.598. The van der Waals surface area contributed by atoms with Gasteiger partial charge in [-0.2, -0.15) is 0 Å². The molecule has 2 heterocycles. The highest BCUT2D eigenvalue weighted by Gasteiger charge is 2.23. The largest absolute Gasteiger partial charge is 0.384 e. The van der Waals surface area contributed by atoms with Gasteiger partial charge in [0.05, 0.1) is 11.9 Å². The smallest absolute Gasteiger partial charge is 0.123 e. The van der Waals surface area contributed by atoms with Crippen LogP contribution in [0.4, 0.5) is 11.5 Å². The first-order valence-electron chi connectivity index (χ1n) is 7.95. The Morgan fingerprint density at radius 2 is 1.85 bits per heavy atom. The van der Waals surface area contributed by atoms with E-state index in [0.29, 0.717) is 5.82 Å². The molecule has 0 radical (unpaired) electrons. The molecule has 0 aliphatic carbocycles. The number of nitrogen functional groups attached to an aromatic ring is 1. The van der Waals surface area contributed by atoms with E-state index in [1.807, 2.05) is 12.3 Å². The lowest BCUT2D eigenvalue weighted by atomic mass is 10.0.